The summed E-state index contributed by atoms with van der Waals surface area (Å²) < 4.78 is 68.2. The van der Waals surface area contributed by atoms with E-state index in [9.17, 15) is 43.2 Å². The van der Waals surface area contributed by atoms with Gasteiger partial charge < -0.3 is 33.8 Å². The minimum Gasteiger partial charge on any atom is -0.462 e. The number of phosphoric acid groups is 2. The number of allylic oxidation sites excluding steroid dienone is 4. The van der Waals surface area contributed by atoms with Crippen LogP contribution < -0.4 is 0 Å². The third-order valence-corrected chi connectivity index (χ3v) is 18.0. The molecule has 17 nitrogen and oxygen atoms in total. The van der Waals surface area contributed by atoms with Gasteiger partial charge in [-0.3, -0.25) is 37.3 Å². The first-order valence-electron chi connectivity index (χ1n) is 36.2. The predicted molar refractivity (Wildman–Crippen MR) is 363 cm³/mol. The Bertz CT molecular complexity index is 1860. The molecule has 0 fully saturated rings. The van der Waals surface area contributed by atoms with Crippen LogP contribution in [0.4, 0.5) is 0 Å². The highest BCUT2D eigenvalue weighted by molar-refractivity contribution is 7.47. The molecule has 0 aliphatic rings. The van der Waals surface area contributed by atoms with Crippen molar-refractivity contribution < 1.29 is 80.2 Å². The van der Waals surface area contributed by atoms with Gasteiger partial charge in [0.25, 0.3) is 0 Å². The van der Waals surface area contributed by atoms with Crippen LogP contribution in [0.15, 0.2) is 24.3 Å². The van der Waals surface area contributed by atoms with E-state index in [0.29, 0.717) is 31.6 Å². The molecule has 0 saturated heterocycles. The number of rotatable bonds is 67. The molecule has 6 atom stereocenters. The zero-order valence-corrected chi connectivity index (χ0v) is 59.9. The van der Waals surface area contributed by atoms with Gasteiger partial charge in [-0.2, -0.15) is 0 Å². The minimum absolute atomic E-state index is 0.0961. The van der Waals surface area contributed by atoms with Crippen LogP contribution in [-0.4, -0.2) is 96.7 Å². The van der Waals surface area contributed by atoms with Gasteiger partial charge in [-0.15, -0.1) is 0 Å². The molecule has 0 aromatic heterocycles. The van der Waals surface area contributed by atoms with Crippen LogP contribution in [0.5, 0.6) is 0 Å². The summed E-state index contributed by atoms with van der Waals surface area (Å²) in [7, 11) is -9.91. The Balaban J connectivity index is 5.26. The number of esters is 4. The van der Waals surface area contributed by atoms with E-state index in [0.717, 1.165) is 127 Å². The molecule has 19 heteroatoms. The van der Waals surface area contributed by atoms with Crippen LogP contribution in [-0.2, 0) is 65.4 Å². The lowest BCUT2D eigenvalue weighted by atomic mass is 10.00. The maximum atomic E-state index is 13.0. The van der Waals surface area contributed by atoms with E-state index < -0.39 is 97.5 Å². The molecular weight excluding hydrogens is 1190 g/mol. The van der Waals surface area contributed by atoms with Gasteiger partial charge in [-0.1, -0.05) is 278 Å². The molecule has 530 valence electrons. The molecule has 0 rings (SSSR count). The predicted octanol–water partition coefficient (Wildman–Crippen LogP) is 19.8. The molecule has 0 aromatic rings. The van der Waals surface area contributed by atoms with Crippen molar-refractivity contribution in [3.63, 3.8) is 0 Å². The Hall–Kier alpha value is -2.46. The van der Waals surface area contributed by atoms with Gasteiger partial charge >= 0.3 is 39.5 Å². The van der Waals surface area contributed by atoms with Crippen LogP contribution in [0.25, 0.3) is 0 Å². The highest BCUT2D eigenvalue weighted by Gasteiger charge is 2.30. The first-order chi connectivity index (χ1) is 43.3. The molecule has 0 aliphatic heterocycles. The lowest BCUT2D eigenvalue weighted by Gasteiger charge is -2.21. The average Bonchev–Trinajstić information content (AvgIpc) is 2.71. The molecule has 0 bridgehead atoms. The van der Waals surface area contributed by atoms with Crippen LogP contribution in [0.2, 0.25) is 0 Å². The lowest BCUT2D eigenvalue weighted by molar-refractivity contribution is -0.161. The largest absolute Gasteiger partial charge is 0.472 e. The molecule has 0 amide bonds. The first kappa shape index (κ1) is 87.5. The Labute approximate surface area is 548 Å². The smallest absolute Gasteiger partial charge is 0.462 e. The zero-order valence-electron chi connectivity index (χ0n) is 58.1. The monoisotopic (exact) mass is 1320 g/mol. The summed E-state index contributed by atoms with van der Waals surface area (Å²) in [6.45, 7) is 11.7. The Morgan fingerprint density at radius 3 is 0.989 bits per heavy atom. The van der Waals surface area contributed by atoms with E-state index in [1.807, 2.05) is 0 Å². The normalized spacial score (nSPS) is 14.7. The number of carbonyl (C=O) groups is 4. The number of ether oxygens (including phenoxy) is 4. The molecule has 90 heavy (non-hydrogen) atoms. The van der Waals surface area contributed by atoms with Crippen molar-refractivity contribution in [1.82, 2.24) is 0 Å². The summed E-state index contributed by atoms with van der Waals surface area (Å²) >= 11 is 0. The summed E-state index contributed by atoms with van der Waals surface area (Å²) in [6, 6.07) is 0. The van der Waals surface area contributed by atoms with Crippen molar-refractivity contribution in [1.29, 1.82) is 0 Å². The second-order valence-corrected chi connectivity index (χ2v) is 29.0. The van der Waals surface area contributed by atoms with E-state index in [4.69, 9.17) is 37.0 Å². The summed E-state index contributed by atoms with van der Waals surface area (Å²) in [5, 5.41) is 10.6. The molecule has 3 unspecified atom stereocenters. The van der Waals surface area contributed by atoms with Gasteiger partial charge in [0.05, 0.1) is 26.4 Å². The van der Waals surface area contributed by atoms with Crippen molar-refractivity contribution in [2.24, 2.45) is 17.8 Å². The number of carbonyl (C=O) groups excluding carboxylic acids is 4. The highest BCUT2D eigenvalue weighted by atomic mass is 31.2. The Morgan fingerprint density at radius 1 is 0.367 bits per heavy atom. The van der Waals surface area contributed by atoms with Crippen LogP contribution in [0, 0.1) is 17.8 Å². The maximum Gasteiger partial charge on any atom is 0.472 e. The number of aliphatic hydroxyl groups excluding tert-OH is 1. The van der Waals surface area contributed by atoms with Crippen LogP contribution in [0.3, 0.4) is 0 Å². The fourth-order valence-electron chi connectivity index (χ4n) is 10.1. The molecule has 0 radical (unpaired) electrons. The molecule has 0 saturated carbocycles. The third kappa shape index (κ3) is 63.0. The minimum atomic E-state index is -4.96. The molecular formula is C71H134O17P2. The summed E-state index contributed by atoms with van der Waals surface area (Å²) in [4.78, 5) is 72.5. The Kier molecular flexibility index (Phi) is 59.7. The van der Waals surface area contributed by atoms with E-state index in [1.165, 1.54) is 116 Å². The molecule has 0 aromatic carbocycles. The number of hydrogen-bond donors (Lipinski definition) is 3. The average molecular weight is 1320 g/mol. The fraction of sp³-hybridized carbons (Fsp3) is 0.887. The van der Waals surface area contributed by atoms with Gasteiger partial charge in [0.2, 0.25) is 0 Å². The van der Waals surface area contributed by atoms with Gasteiger partial charge in [0, 0.05) is 25.7 Å². The van der Waals surface area contributed by atoms with Crippen molar-refractivity contribution in [3.8, 4) is 0 Å². The van der Waals surface area contributed by atoms with Crippen molar-refractivity contribution >= 4 is 39.5 Å². The molecule has 0 heterocycles. The van der Waals surface area contributed by atoms with Gasteiger partial charge in [-0.25, -0.2) is 9.13 Å². The van der Waals surface area contributed by atoms with E-state index >= 15 is 0 Å². The van der Waals surface area contributed by atoms with Crippen molar-refractivity contribution in [2.45, 2.75) is 349 Å². The van der Waals surface area contributed by atoms with Gasteiger partial charge in [0.1, 0.15) is 19.3 Å². The Morgan fingerprint density at radius 2 is 0.656 bits per heavy atom. The summed E-state index contributed by atoms with van der Waals surface area (Å²) in [5.41, 5.74) is 0. The highest BCUT2D eigenvalue weighted by Crippen LogP contribution is 2.45. The van der Waals surface area contributed by atoms with Gasteiger partial charge in [-0.05, 0) is 69.1 Å². The standard InChI is InChI=1S/C71H134O17P2/c1-8-10-11-12-13-14-15-16-17-18-22-25-30-38-45-52-68(73)81-58-66(88-71(76)55-48-41-32-27-29-36-43-50-63(5)6)60-85-89(77,78)83-56-65(72)57-84-90(79,80)86-61-67(59-82-69(74)53-46-39-34-33-37-44-51-64(7)9-2)87-70(75)54-47-40-31-26-23-20-19-21-24-28-35-42-49-62(3)4/h14-17,62-67,72H,8-13,18-61H2,1-7H3,(H,77,78)(H,79,80)/b15-14-,17-16-/t64?,65-,66-,67-/m1/s1. The maximum absolute atomic E-state index is 13.0. The summed E-state index contributed by atoms with van der Waals surface area (Å²) in [6.07, 6.45) is 48.1. The molecule has 0 aliphatic carbocycles. The number of phosphoric ester groups is 2. The van der Waals surface area contributed by atoms with Crippen LogP contribution >= 0.6 is 15.6 Å². The van der Waals surface area contributed by atoms with Crippen molar-refractivity contribution in [3.05, 3.63) is 24.3 Å². The number of hydrogen-bond acceptors (Lipinski definition) is 15. The number of aliphatic hydroxyl groups is 1. The second kappa shape index (κ2) is 61.4. The number of unbranched alkanes of at least 4 members (excludes halogenated alkanes) is 31. The zero-order chi connectivity index (χ0) is 66.6. The summed E-state index contributed by atoms with van der Waals surface area (Å²) in [5.74, 6) is 0.0377. The van der Waals surface area contributed by atoms with E-state index in [1.54, 1.807) is 0 Å². The lowest BCUT2D eigenvalue weighted by Crippen LogP contribution is -2.30. The SMILES string of the molecule is CCCCCC/C=C\C=C/CCCCCCCC(=O)OC[C@H](COP(=O)(O)OC[C@@H](O)COP(=O)(O)OC[C@@H](COC(=O)CCCCCCCCC(C)CC)OC(=O)CCCCCCCCCCCCCCC(C)C)OC(=O)CCCCCCCCCC(C)C. The molecule has 0 spiro atoms. The fourth-order valence-corrected chi connectivity index (χ4v) is 11.7. The van der Waals surface area contributed by atoms with Crippen LogP contribution in [0.1, 0.15) is 331 Å². The van der Waals surface area contributed by atoms with E-state index in [-0.39, 0.29) is 25.7 Å². The quantitative estimate of drug-likeness (QED) is 0.0169. The third-order valence-electron chi connectivity index (χ3n) is 16.1. The first-order valence-corrected chi connectivity index (χ1v) is 39.2. The van der Waals surface area contributed by atoms with E-state index in [2.05, 4.69) is 72.8 Å². The molecule has 3 N–H and O–H groups in total. The topological polar surface area (TPSA) is 237 Å². The van der Waals surface area contributed by atoms with Crippen molar-refractivity contribution in [2.75, 3.05) is 39.6 Å². The second-order valence-electron chi connectivity index (χ2n) is 26.1. The van der Waals surface area contributed by atoms with Gasteiger partial charge in [0.15, 0.2) is 12.2 Å².